The highest BCUT2D eigenvalue weighted by Gasteiger charge is 1.97. The lowest BCUT2D eigenvalue weighted by Gasteiger charge is -2.04. The molecule has 1 nitrogen and oxygen atoms in total. The Morgan fingerprint density at radius 3 is 2.15 bits per heavy atom. The molecular formula is C12H18O. The van der Waals surface area contributed by atoms with Gasteiger partial charge in [-0.15, -0.1) is 0 Å². The summed E-state index contributed by atoms with van der Waals surface area (Å²) >= 11 is 0. The van der Waals surface area contributed by atoms with Crippen molar-refractivity contribution >= 4 is 0 Å². The van der Waals surface area contributed by atoms with Crippen LogP contribution in [-0.4, -0.2) is 11.2 Å². The summed E-state index contributed by atoms with van der Waals surface area (Å²) in [6.07, 6.45) is 2.73. The van der Waals surface area contributed by atoms with Crippen LogP contribution in [0.5, 0.6) is 0 Å². The van der Waals surface area contributed by atoms with Crippen LogP contribution in [0.25, 0.3) is 0 Å². The number of rotatable bonds is 4. The summed E-state index contributed by atoms with van der Waals surface area (Å²) in [5.41, 5.74) is 2.69. The zero-order valence-electron chi connectivity index (χ0n) is 8.46. The molecule has 0 spiro atoms. The first-order chi connectivity index (χ1) is 6.22. The van der Waals surface area contributed by atoms with Crippen LogP contribution in [0.3, 0.4) is 0 Å². The molecule has 0 unspecified atom stereocenters. The average Bonchev–Trinajstić information content (AvgIpc) is 2.15. The summed E-state index contributed by atoms with van der Waals surface area (Å²) in [4.78, 5) is 0. The largest absolute Gasteiger partial charge is 0.393 e. The molecule has 1 aromatic carbocycles. The highest BCUT2D eigenvalue weighted by molar-refractivity contribution is 5.22. The smallest absolute Gasteiger partial charge is 0.0515 e. The molecule has 1 rings (SSSR count). The van der Waals surface area contributed by atoms with Crippen molar-refractivity contribution in [1.29, 1.82) is 0 Å². The number of hydrogen-bond acceptors (Lipinski definition) is 1. The molecule has 0 fully saturated rings. The van der Waals surface area contributed by atoms with Crippen LogP contribution < -0.4 is 0 Å². The fourth-order valence-corrected chi connectivity index (χ4v) is 1.32. The van der Waals surface area contributed by atoms with E-state index in [9.17, 15) is 0 Å². The zero-order chi connectivity index (χ0) is 9.68. The number of benzene rings is 1. The number of aryl methyl sites for hydroxylation is 2. The molecule has 0 amide bonds. The third-order valence-electron chi connectivity index (χ3n) is 2.28. The van der Waals surface area contributed by atoms with E-state index in [1.807, 2.05) is 6.92 Å². The second-order valence-corrected chi connectivity index (χ2v) is 3.56. The van der Waals surface area contributed by atoms with Gasteiger partial charge in [-0.2, -0.15) is 0 Å². The van der Waals surface area contributed by atoms with E-state index in [0.717, 1.165) is 19.3 Å². The van der Waals surface area contributed by atoms with Crippen molar-refractivity contribution < 1.29 is 5.11 Å². The molecule has 0 saturated heterocycles. The maximum Gasteiger partial charge on any atom is 0.0515 e. The van der Waals surface area contributed by atoms with Crippen LogP contribution >= 0.6 is 0 Å². The molecular weight excluding hydrogens is 160 g/mol. The molecule has 0 aliphatic heterocycles. The van der Waals surface area contributed by atoms with Gasteiger partial charge in [-0.1, -0.05) is 31.2 Å². The SMILES string of the molecule is CCc1ccc(CC[C@@H](C)O)cc1. The molecule has 1 aromatic rings. The summed E-state index contributed by atoms with van der Waals surface area (Å²) in [5.74, 6) is 0. The van der Waals surface area contributed by atoms with Gasteiger partial charge in [0.1, 0.15) is 0 Å². The van der Waals surface area contributed by atoms with Crippen molar-refractivity contribution in [3.63, 3.8) is 0 Å². The predicted molar refractivity (Wildman–Crippen MR) is 55.8 cm³/mol. The van der Waals surface area contributed by atoms with E-state index >= 15 is 0 Å². The van der Waals surface area contributed by atoms with Crippen molar-refractivity contribution in [2.45, 2.75) is 39.2 Å². The van der Waals surface area contributed by atoms with Crippen molar-refractivity contribution in [3.8, 4) is 0 Å². The van der Waals surface area contributed by atoms with E-state index in [2.05, 4.69) is 31.2 Å². The molecule has 13 heavy (non-hydrogen) atoms. The van der Waals surface area contributed by atoms with Gasteiger partial charge in [0.2, 0.25) is 0 Å². The number of aliphatic hydroxyl groups is 1. The molecule has 0 aliphatic carbocycles. The zero-order valence-corrected chi connectivity index (χ0v) is 8.46. The average molecular weight is 178 g/mol. The van der Waals surface area contributed by atoms with E-state index in [0.29, 0.717) is 0 Å². The highest BCUT2D eigenvalue weighted by atomic mass is 16.3. The first-order valence-corrected chi connectivity index (χ1v) is 4.98. The Kier molecular flexibility index (Phi) is 3.97. The second-order valence-electron chi connectivity index (χ2n) is 3.56. The topological polar surface area (TPSA) is 20.2 Å². The van der Waals surface area contributed by atoms with Crippen molar-refractivity contribution in [3.05, 3.63) is 35.4 Å². The molecule has 1 heteroatoms. The molecule has 0 heterocycles. The molecule has 0 radical (unpaired) electrons. The summed E-state index contributed by atoms with van der Waals surface area (Å²) < 4.78 is 0. The van der Waals surface area contributed by atoms with Gasteiger partial charge in [-0.25, -0.2) is 0 Å². The molecule has 72 valence electrons. The standard InChI is InChI=1S/C12H18O/c1-3-11-6-8-12(9-7-11)5-4-10(2)13/h6-10,13H,3-5H2,1-2H3/t10-/m1/s1. The Balaban J connectivity index is 2.49. The van der Waals surface area contributed by atoms with Crippen molar-refractivity contribution in [1.82, 2.24) is 0 Å². The van der Waals surface area contributed by atoms with E-state index in [4.69, 9.17) is 5.11 Å². The van der Waals surface area contributed by atoms with Crippen molar-refractivity contribution in [2.75, 3.05) is 0 Å². The maximum atomic E-state index is 9.11. The lowest BCUT2D eigenvalue weighted by molar-refractivity contribution is 0.185. The molecule has 0 aliphatic rings. The third-order valence-corrected chi connectivity index (χ3v) is 2.28. The normalized spacial score (nSPS) is 12.8. The van der Waals surface area contributed by atoms with E-state index in [-0.39, 0.29) is 6.10 Å². The van der Waals surface area contributed by atoms with E-state index in [1.165, 1.54) is 11.1 Å². The summed E-state index contributed by atoms with van der Waals surface area (Å²) in [6.45, 7) is 3.99. The minimum Gasteiger partial charge on any atom is -0.393 e. The molecule has 0 saturated carbocycles. The first-order valence-electron chi connectivity index (χ1n) is 4.98. The van der Waals surface area contributed by atoms with Crippen LogP contribution in [-0.2, 0) is 12.8 Å². The van der Waals surface area contributed by atoms with Gasteiger partial charge in [-0.05, 0) is 37.3 Å². The van der Waals surface area contributed by atoms with Crippen LogP contribution in [0.15, 0.2) is 24.3 Å². The van der Waals surface area contributed by atoms with Crippen LogP contribution in [0, 0.1) is 0 Å². The Labute approximate surface area is 80.4 Å². The van der Waals surface area contributed by atoms with Crippen LogP contribution in [0.2, 0.25) is 0 Å². The Bertz CT molecular complexity index is 236. The van der Waals surface area contributed by atoms with Gasteiger partial charge in [0, 0.05) is 0 Å². The van der Waals surface area contributed by atoms with E-state index in [1.54, 1.807) is 0 Å². The second kappa shape index (κ2) is 5.03. The number of aliphatic hydroxyl groups excluding tert-OH is 1. The Morgan fingerprint density at radius 1 is 1.15 bits per heavy atom. The molecule has 0 bridgehead atoms. The Hall–Kier alpha value is -0.820. The van der Waals surface area contributed by atoms with Gasteiger partial charge in [0.15, 0.2) is 0 Å². The quantitative estimate of drug-likeness (QED) is 0.751. The lowest BCUT2D eigenvalue weighted by atomic mass is 10.0. The van der Waals surface area contributed by atoms with Gasteiger partial charge in [-0.3, -0.25) is 0 Å². The van der Waals surface area contributed by atoms with E-state index < -0.39 is 0 Å². The minimum atomic E-state index is -0.189. The predicted octanol–water partition coefficient (Wildman–Crippen LogP) is 2.56. The lowest BCUT2D eigenvalue weighted by Crippen LogP contribution is -2.01. The Morgan fingerprint density at radius 2 is 1.69 bits per heavy atom. The summed E-state index contributed by atoms with van der Waals surface area (Å²) in [5, 5.41) is 9.11. The first kappa shape index (κ1) is 10.3. The van der Waals surface area contributed by atoms with Gasteiger partial charge >= 0.3 is 0 Å². The van der Waals surface area contributed by atoms with Crippen molar-refractivity contribution in [2.24, 2.45) is 0 Å². The summed E-state index contributed by atoms with van der Waals surface area (Å²) in [7, 11) is 0. The van der Waals surface area contributed by atoms with Gasteiger partial charge in [0.25, 0.3) is 0 Å². The van der Waals surface area contributed by atoms with Crippen LogP contribution in [0.1, 0.15) is 31.4 Å². The minimum absolute atomic E-state index is 0.189. The molecule has 1 atom stereocenters. The summed E-state index contributed by atoms with van der Waals surface area (Å²) in [6, 6.07) is 8.64. The fourth-order valence-electron chi connectivity index (χ4n) is 1.32. The highest BCUT2D eigenvalue weighted by Crippen LogP contribution is 2.08. The van der Waals surface area contributed by atoms with Crippen LogP contribution in [0.4, 0.5) is 0 Å². The molecule has 0 aromatic heterocycles. The monoisotopic (exact) mass is 178 g/mol. The fraction of sp³-hybridized carbons (Fsp3) is 0.500. The third kappa shape index (κ3) is 3.60. The maximum absolute atomic E-state index is 9.11. The van der Waals surface area contributed by atoms with Gasteiger partial charge < -0.3 is 5.11 Å². The number of hydrogen-bond donors (Lipinski definition) is 1. The van der Waals surface area contributed by atoms with Gasteiger partial charge in [0.05, 0.1) is 6.10 Å². The molecule has 1 N–H and O–H groups in total.